The van der Waals surface area contributed by atoms with Gasteiger partial charge in [0.25, 0.3) is 0 Å². The number of carbonyl (C=O) groups excluding carboxylic acids is 1. The van der Waals surface area contributed by atoms with Gasteiger partial charge in [0.2, 0.25) is 0 Å². The van der Waals surface area contributed by atoms with Crippen LogP contribution >= 0.6 is 0 Å². The van der Waals surface area contributed by atoms with Gasteiger partial charge in [-0.3, -0.25) is 5.32 Å². The van der Waals surface area contributed by atoms with E-state index in [-0.39, 0.29) is 0 Å². The Balaban J connectivity index is 1.94. The fourth-order valence-corrected chi connectivity index (χ4v) is 3.20. The van der Waals surface area contributed by atoms with Crippen molar-refractivity contribution < 1.29 is 9.53 Å². The van der Waals surface area contributed by atoms with Gasteiger partial charge in [0.1, 0.15) is 5.60 Å². The van der Waals surface area contributed by atoms with Crippen molar-refractivity contribution in [2.75, 3.05) is 49.2 Å². The second-order valence-electron chi connectivity index (χ2n) is 8.49. The van der Waals surface area contributed by atoms with Gasteiger partial charge in [-0.25, -0.2) is 4.79 Å². The van der Waals surface area contributed by atoms with Crippen LogP contribution in [0.5, 0.6) is 0 Å². The molecule has 1 heterocycles. The topological polar surface area (TPSA) is 70.8 Å². The molecule has 0 radical (unpaired) electrons. The molecule has 158 valence electrons. The number of nitrogens with one attached hydrogen (secondary N) is 1. The number of rotatable bonds is 2. The first-order valence-electron chi connectivity index (χ1n) is 10.2. The van der Waals surface area contributed by atoms with Crippen molar-refractivity contribution >= 4 is 23.2 Å². The molecule has 1 aliphatic rings. The highest BCUT2D eigenvalue weighted by Gasteiger charge is 2.21. The van der Waals surface area contributed by atoms with Crippen molar-refractivity contribution in [3.63, 3.8) is 0 Å². The zero-order valence-electron chi connectivity index (χ0n) is 18.2. The summed E-state index contributed by atoms with van der Waals surface area (Å²) in [5.41, 5.74) is 9.41. The largest absolute Gasteiger partial charge is 0.444 e. The van der Waals surface area contributed by atoms with E-state index in [2.05, 4.69) is 34.0 Å². The van der Waals surface area contributed by atoms with Crippen LogP contribution in [-0.2, 0) is 4.74 Å². The molecule has 3 rings (SSSR count). The number of nitrogens with zero attached hydrogens (tertiary/aromatic N) is 2. The van der Waals surface area contributed by atoms with E-state index in [1.807, 2.05) is 63.2 Å². The molecule has 30 heavy (non-hydrogen) atoms. The number of benzene rings is 2. The minimum Gasteiger partial charge on any atom is -0.444 e. The molecule has 6 heteroatoms. The summed E-state index contributed by atoms with van der Waals surface area (Å²) in [6.07, 6.45) is -0.526. The second kappa shape index (κ2) is 9.10. The van der Waals surface area contributed by atoms with Gasteiger partial charge in [-0.15, -0.1) is 0 Å². The van der Waals surface area contributed by atoms with E-state index in [4.69, 9.17) is 10.5 Å². The summed E-state index contributed by atoms with van der Waals surface area (Å²) in [5.74, 6) is 6.48. The predicted molar refractivity (Wildman–Crippen MR) is 123 cm³/mol. The summed E-state index contributed by atoms with van der Waals surface area (Å²) in [4.78, 5) is 16.9. The van der Waals surface area contributed by atoms with Gasteiger partial charge < -0.3 is 20.3 Å². The minimum absolute atomic E-state index is 0.455. The van der Waals surface area contributed by atoms with Gasteiger partial charge in [-0.1, -0.05) is 30.0 Å². The van der Waals surface area contributed by atoms with E-state index in [0.717, 1.165) is 43.0 Å². The molecule has 1 amide bonds. The minimum atomic E-state index is -0.583. The maximum atomic E-state index is 12.3. The van der Waals surface area contributed by atoms with Gasteiger partial charge >= 0.3 is 6.09 Å². The van der Waals surface area contributed by atoms with E-state index < -0.39 is 11.7 Å². The summed E-state index contributed by atoms with van der Waals surface area (Å²) < 4.78 is 5.38. The number of nitrogen functional groups attached to an aromatic ring is 1. The number of carbonyl (C=O) groups is 1. The average Bonchev–Trinajstić information content (AvgIpc) is 2.68. The lowest BCUT2D eigenvalue weighted by Crippen LogP contribution is -2.44. The number of amides is 1. The van der Waals surface area contributed by atoms with Gasteiger partial charge in [-0.2, -0.15) is 0 Å². The van der Waals surface area contributed by atoms with Crippen molar-refractivity contribution in [2.45, 2.75) is 26.4 Å². The normalized spacial score (nSPS) is 14.6. The molecule has 1 aliphatic heterocycles. The van der Waals surface area contributed by atoms with Gasteiger partial charge in [0, 0.05) is 31.7 Å². The fourth-order valence-electron chi connectivity index (χ4n) is 3.20. The molecule has 0 saturated carbocycles. The molecule has 2 aromatic rings. The molecule has 1 fully saturated rings. The van der Waals surface area contributed by atoms with Crippen molar-refractivity contribution in [1.29, 1.82) is 0 Å². The average molecular weight is 407 g/mol. The van der Waals surface area contributed by atoms with Crippen LogP contribution in [0.2, 0.25) is 0 Å². The highest BCUT2D eigenvalue weighted by atomic mass is 16.6. The molecule has 0 bridgehead atoms. The molecule has 0 spiro atoms. The third-order valence-electron chi connectivity index (χ3n) is 4.76. The maximum Gasteiger partial charge on any atom is 0.412 e. The molecule has 2 aromatic carbocycles. The molecule has 0 unspecified atom stereocenters. The van der Waals surface area contributed by atoms with Crippen LogP contribution in [0.1, 0.15) is 31.9 Å². The number of piperazine rings is 1. The Morgan fingerprint density at radius 1 is 1.07 bits per heavy atom. The Hall–Kier alpha value is -3.17. The zero-order valence-corrected chi connectivity index (χ0v) is 18.2. The Bertz CT molecular complexity index is 947. The lowest BCUT2D eigenvalue weighted by Gasteiger charge is -2.35. The van der Waals surface area contributed by atoms with E-state index in [1.165, 1.54) is 0 Å². The number of ether oxygens (including phenoxy) is 1. The van der Waals surface area contributed by atoms with Gasteiger partial charge in [-0.05, 0) is 52.1 Å². The maximum absolute atomic E-state index is 12.3. The van der Waals surface area contributed by atoms with E-state index in [0.29, 0.717) is 11.4 Å². The predicted octanol–water partition coefficient (Wildman–Crippen LogP) is 3.77. The number of hydrogen-bond donors (Lipinski definition) is 2. The Morgan fingerprint density at radius 2 is 1.73 bits per heavy atom. The van der Waals surface area contributed by atoms with E-state index >= 15 is 0 Å². The lowest BCUT2D eigenvalue weighted by atomic mass is 10.1. The SMILES string of the molecule is CN1CCN(c2cc(NC(=O)OC(C)(C)C)c(N)cc2C#Cc2ccccc2)CC1. The smallest absolute Gasteiger partial charge is 0.412 e. The molecular weight excluding hydrogens is 376 g/mol. The summed E-state index contributed by atoms with van der Waals surface area (Å²) >= 11 is 0. The van der Waals surface area contributed by atoms with Gasteiger partial charge in [0.15, 0.2) is 0 Å². The summed E-state index contributed by atoms with van der Waals surface area (Å²) in [5, 5.41) is 2.78. The van der Waals surface area contributed by atoms with Crippen LogP contribution in [0.15, 0.2) is 42.5 Å². The monoisotopic (exact) mass is 406 g/mol. The number of anilines is 3. The van der Waals surface area contributed by atoms with Crippen molar-refractivity contribution in [2.24, 2.45) is 0 Å². The van der Waals surface area contributed by atoms with Crippen molar-refractivity contribution in [1.82, 2.24) is 4.90 Å². The highest BCUT2D eigenvalue weighted by molar-refractivity contribution is 5.91. The van der Waals surface area contributed by atoms with E-state index in [1.54, 1.807) is 0 Å². The van der Waals surface area contributed by atoms with Crippen molar-refractivity contribution in [3.05, 3.63) is 53.6 Å². The first-order valence-corrected chi connectivity index (χ1v) is 10.2. The number of nitrogens with two attached hydrogens (primary N) is 1. The quantitative estimate of drug-likeness (QED) is 0.587. The molecule has 6 nitrogen and oxygen atoms in total. The highest BCUT2D eigenvalue weighted by Crippen LogP contribution is 2.31. The molecule has 0 aliphatic carbocycles. The first-order chi connectivity index (χ1) is 14.2. The van der Waals surface area contributed by atoms with Crippen LogP contribution in [0, 0.1) is 11.8 Å². The lowest BCUT2D eigenvalue weighted by molar-refractivity contribution is 0.0636. The van der Waals surface area contributed by atoms with Crippen LogP contribution < -0.4 is 16.0 Å². The zero-order chi connectivity index (χ0) is 21.7. The van der Waals surface area contributed by atoms with Gasteiger partial charge in [0.05, 0.1) is 22.6 Å². The molecule has 0 aromatic heterocycles. The Morgan fingerprint density at radius 3 is 2.37 bits per heavy atom. The Kier molecular flexibility index (Phi) is 6.53. The summed E-state index contributed by atoms with van der Waals surface area (Å²) in [6.45, 7) is 9.17. The second-order valence-corrected chi connectivity index (χ2v) is 8.49. The molecule has 3 N–H and O–H groups in total. The number of hydrogen-bond acceptors (Lipinski definition) is 5. The van der Waals surface area contributed by atoms with Crippen LogP contribution in [0.3, 0.4) is 0 Å². The molecule has 1 saturated heterocycles. The third kappa shape index (κ3) is 5.91. The summed E-state index contributed by atoms with van der Waals surface area (Å²) in [6, 6.07) is 13.6. The van der Waals surface area contributed by atoms with E-state index in [9.17, 15) is 4.79 Å². The van der Waals surface area contributed by atoms with Crippen LogP contribution in [-0.4, -0.2) is 49.8 Å². The third-order valence-corrected chi connectivity index (χ3v) is 4.76. The fraction of sp³-hybridized carbons (Fsp3) is 0.375. The van der Waals surface area contributed by atoms with Crippen LogP contribution in [0.25, 0.3) is 0 Å². The summed E-state index contributed by atoms with van der Waals surface area (Å²) in [7, 11) is 2.12. The molecular formula is C24H30N4O2. The number of likely N-dealkylation sites (N-methyl/N-ethyl adjacent to an activating group) is 1. The standard InChI is InChI=1S/C24H30N4O2/c1-24(2,3)30-23(29)26-21-17-22(28-14-12-27(4)13-15-28)19(16-20(21)25)11-10-18-8-6-5-7-9-18/h5-9,16-17H,12-15,25H2,1-4H3,(H,26,29). The molecule has 0 atom stereocenters. The van der Waals surface area contributed by atoms with Crippen molar-refractivity contribution in [3.8, 4) is 11.8 Å². The Labute approximate surface area is 179 Å². The van der Waals surface area contributed by atoms with Crippen LogP contribution in [0.4, 0.5) is 21.9 Å². The first kappa shape index (κ1) is 21.5.